The van der Waals surface area contributed by atoms with Crippen LogP contribution in [0, 0.1) is 18.8 Å². The van der Waals surface area contributed by atoms with Crippen LogP contribution in [0.15, 0.2) is 18.2 Å². The molecule has 20 heavy (non-hydrogen) atoms. The van der Waals surface area contributed by atoms with Crippen molar-refractivity contribution >= 4 is 5.91 Å². The molecule has 2 N–H and O–H groups in total. The number of hydrogen-bond donors (Lipinski definition) is 2. The summed E-state index contributed by atoms with van der Waals surface area (Å²) in [5.74, 6) is 5.41. The summed E-state index contributed by atoms with van der Waals surface area (Å²) in [5.41, 5.74) is 2.41. The molecule has 3 nitrogen and oxygen atoms in total. The van der Waals surface area contributed by atoms with Crippen LogP contribution >= 0.6 is 0 Å². The minimum Gasteiger partial charge on any atom is -0.384 e. The first-order chi connectivity index (χ1) is 9.69. The minimum absolute atomic E-state index is 0.0615. The quantitative estimate of drug-likeness (QED) is 0.618. The first kappa shape index (κ1) is 16.3. The van der Waals surface area contributed by atoms with E-state index in [4.69, 9.17) is 5.11 Å². The Morgan fingerprint density at radius 1 is 1.30 bits per heavy atom. The normalized spacial score (nSPS) is 9.75. The van der Waals surface area contributed by atoms with Crippen molar-refractivity contribution in [2.45, 2.75) is 39.5 Å². The van der Waals surface area contributed by atoms with Gasteiger partial charge in [0.2, 0.25) is 0 Å². The van der Waals surface area contributed by atoms with Gasteiger partial charge in [-0.3, -0.25) is 4.79 Å². The monoisotopic (exact) mass is 273 g/mol. The third-order valence-electron chi connectivity index (χ3n) is 3.12. The summed E-state index contributed by atoms with van der Waals surface area (Å²) in [4.78, 5) is 12.0. The van der Waals surface area contributed by atoms with E-state index in [1.54, 1.807) is 12.1 Å². The topological polar surface area (TPSA) is 49.3 Å². The van der Waals surface area contributed by atoms with Gasteiger partial charge in [-0.25, -0.2) is 0 Å². The van der Waals surface area contributed by atoms with E-state index in [0.717, 1.165) is 24.0 Å². The van der Waals surface area contributed by atoms with Crippen LogP contribution in [0.2, 0.25) is 0 Å². The zero-order valence-electron chi connectivity index (χ0n) is 12.3. The van der Waals surface area contributed by atoms with Crippen molar-refractivity contribution in [2.75, 3.05) is 13.2 Å². The van der Waals surface area contributed by atoms with Crippen molar-refractivity contribution in [2.24, 2.45) is 0 Å². The van der Waals surface area contributed by atoms with E-state index in [0.29, 0.717) is 12.1 Å². The second kappa shape index (κ2) is 9.17. The molecule has 3 heteroatoms. The van der Waals surface area contributed by atoms with Gasteiger partial charge in [-0.15, -0.1) is 0 Å². The zero-order valence-corrected chi connectivity index (χ0v) is 12.3. The van der Waals surface area contributed by atoms with Gasteiger partial charge < -0.3 is 10.4 Å². The molecular weight excluding hydrogens is 250 g/mol. The van der Waals surface area contributed by atoms with Gasteiger partial charge in [-0.2, -0.15) is 0 Å². The molecule has 108 valence electrons. The maximum atomic E-state index is 12.0. The fourth-order valence-corrected chi connectivity index (χ4v) is 1.89. The Labute approximate surface area is 121 Å². The van der Waals surface area contributed by atoms with E-state index in [-0.39, 0.29) is 12.5 Å². The lowest BCUT2D eigenvalue weighted by molar-refractivity contribution is 0.0953. The van der Waals surface area contributed by atoms with Gasteiger partial charge in [0.1, 0.15) is 6.61 Å². The Hall–Kier alpha value is -1.79. The highest BCUT2D eigenvalue weighted by molar-refractivity contribution is 5.94. The Balaban J connectivity index is 2.60. The lowest BCUT2D eigenvalue weighted by atomic mass is 10.0. The molecule has 0 atom stereocenters. The van der Waals surface area contributed by atoms with E-state index >= 15 is 0 Å². The Kier molecular flexibility index (Phi) is 7.46. The average Bonchev–Trinajstić information content (AvgIpc) is 2.46. The number of aliphatic hydroxyl groups excluding tert-OH is 1. The van der Waals surface area contributed by atoms with Crippen molar-refractivity contribution in [3.05, 3.63) is 34.9 Å². The number of hydrogen-bond acceptors (Lipinski definition) is 2. The molecule has 0 saturated carbocycles. The highest BCUT2D eigenvalue weighted by Gasteiger charge is 2.06. The number of amides is 1. The van der Waals surface area contributed by atoms with Crippen LogP contribution in [-0.2, 0) is 0 Å². The molecule has 0 radical (unpaired) electrons. The second-order valence-corrected chi connectivity index (χ2v) is 4.81. The summed E-state index contributed by atoms with van der Waals surface area (Å²) in [7, 11) is 0. The van der Waals surface area contributed by atoms with Crippen LogP contribution in [-0.4, -0.2) is 24.2 Å². The standard InChI is InChI=1S/C17H23NO2/c1-3-4-5-6-11-18-17(20)16-10-9-14(2)15(13-16)8-7-12-19/h9-10,13,19H,3-6,11-12H2,1-2H3,(H,18,20). The van der Waals surface area contributed by atoms with Gasteiger partial charge in [0.25, 0.3) is 5.91 Å². The number of carbonyl (C=O) groups is 1. The van der Waals surface area contributed by atoms with Gasteiger partial charge in [0, 0.05) is 17.7 Å². The van der Waals surface area contributed by atoms with Crippen LogP contribution in [0.25, 0.3) is 0 Å². The molecule has 0 fully saturated rings. The van der Waals surface area contributed by atoms with Crippen LogP contribution in [0.4, 0.5) is 0 Å². The zero-order chi connectivity index (χ0) is 14.8. The molecule has 0 spiro atoms. The summed E-state index contributed by atoms with van der Waals surface area (Å²) in [6, 6.07) is 5.47. The number of carbonyl (C=O) groups excluding carboxylic acids is 1. The Morgan fingerprint density at radius 2 is 2.10 bits per heavy atom. The number of unbranched alkanes of at least 4 members (excludes halogenated alkanes) is 3. The summed E-state index contributed by atoms with van der Waals surface area (Å²) in [6.07, 6.45) is 4.57. The second-order valence-electron chi connectivity index (χ2n) is 4.81. The van der Waals surface area contributed by atoms with Gasteiger partial charge in [-0.1, -0.05) is 44.1 Å². The number of aliphatic hydroxyl groups is 1. The molecule has 1 aromatic rings. The summed E-state index contributed by atoms with van der Waals surface area (Å²) >= 11 is 0. The lowest BCUT2D eigenvalue weighted by Crippen LogP contribution is -2.24. The highest BCUT2D eigenvalue weighted by Crippen LogP contribution is 2.10. The first-order valence-corrected chi connectivity index (χ1v) is 7.17. The summed E-state index contributed by atoms with van der Waals surface area (Å²) in [6.45, 7) is 4.64. The van der Waals surface area contributed by atoms with Crippen LogP contribution in [0.3, 0.4) is 0 Å². The predicted molar refractivity (Wildman–Crippen MR) is 81.6 cm³/mol. The van der Waals surface area contributed by atoms with Crippen LogP contribution in [0.1, 0.15) is 54.1 Å². The fraction of sp³-hybridized carbons (Fsp3) is 0.471. The molecule has 0 heterocycles. The van der Waals surface area contributed by atoms with Crippen molar-refractivity contribution < 1.29 is 9.90 Å². The van der Waals surface area contributed by atoms with Crippen molar-refractivity contribution in [3.8, 4) is 11.8 Å². The molecule has 1 amide bonds. The largest absolute Gasteiger partial charge is 0.384 e. The number of nitrogens with one attached hydrogen (secondary N) is 1. The maximum absolute atomic E-state index is 12.0. The van der Waals surface area contributed by atoms with E-state index in [1.165, 1.54) is 12.8 Å². The number of benzene rings is 1. The number of rotatable bonds is 6. The van der Waals surface area contributed by atoms with Crippen LogP contribution in [0.5, 0.6) is 0 Å². The molecule has 0 bridgehead atoms. The van der Waals surface area contributed by atoms with Gasteiger partial charge in [0.05, 0.1) is 0 Å². The fourth-order valence-electron chi connectivity index (χ4n) is 1.89. The first-order valence-electron chi connectivity index (χ1n) is 7.17. The van der Waals surface area contributed by atoms with Crippen molar-refractivity contribution in [3.63, 3.8) is 0 Å². The van der Waals surface area contributed by atoms with Crippen LogP contribution < -0.4 is 5.32 Å². The maximum Gasteiger partial charge on any atom is 0.251 e. The smallest absolute Gasteiger partial charge is 0.251 e. The van der Waals surface area contributed by atoms with Crippen molar-refractivity contribution in [1.82, 2.24) is 5.32 Å². The number of aryl methyl sites for hydroxylation is 1. The van der Waals surface area contributed by atoms with Gasteiger partial charge in [-0.05, 0) is 31.0 Å². The van der Waals surface area contributed by atoms with E-state index in [2.05, 4.69) is 24.1 Å². The van der Waals surface area contributed by atoms with Gasteiger partial charge >= 0.3 is 0 Å². The third-order valence-corrected chi connectivity index (χ3v) is 3.12. The molecule has 0 aromatic heterocycles. The van der Waals surface area contributed by atoms with E-state index < -0.39 is 0 Å². The molecular formula is C17H23NO2. The molecule has 0 unspecified atom stereocenters. The summed E-state index contributed by atoms with van der Waals surface area (Å²) < 4.78 is 0. The Bertz CT molecular complexity index is 497. The van der Waals surface area contributed by atoms with E-state index in [9.17, 15) is 4.79 Å². The molecule has 0 aliphatic rings. The third kappa shape index (κ3) is 5.46. The SMILES string of the molecule is CCCCCCNC(=O)c1ccc(C)c(C#CCO)c1. The molecule has 1 rings (SSSR count). The summed E-state index contributed by atoms with van der Waals surface area (Å²) in [5, 5.41) is 11.7. The van der Waals surface area contributed by atoms with E-state index in [1.807, 2.05) is 13.0 Å². The molecule has 0 saturated heterocycles. The van der Waals surface area contributed by atoms with Gasteiger partial charge in [0.15, 0.2) is 0 Å². The minimum atomic E-state index is -0.173. The highest BCUT2D eigenvalue weighted by atomic mass is 16.2. The molecule has 1 aromatic carbocycles. The lowest BCUT2D eigenvalue weighted by Gasteiger charge is -2.06. The predicted octanol–water partition coefficient (Wildman–Crippen LogP) is 2.65. The molecule has 0 aliphatic heterocycles. The Morgan fingerprint density at radius 3 is 2.80 bits per heavy atom. The average molecular weight is 273 g/mol. The molecule has 0 aliphatic carbocycles. The van der Waals surface area contributed by atoms with Crippen molar-refractivity contribution in [1.29, 1.82) is 0 Å².